The predicted octanol–water partition coefficient (Wildman–Crippen LogP) is 2.54. The number of nitrogens with one attached hydrogen (secondary N) is 1. The van der Waals surface area contributed by atoms with Crippen LogP contribution in [0.5, 0.6) is 0 Å². The van der Waals surface area contributed by atoms with Crippen LogP contribution in [0.3, 0.4) is 0 Å². The van der Waals surface area contributed by atoms with Gasteiger partial charge >= 0.3 is 0 Å². The highest BCUT2D eigenvalue weighted by molar-refractivity contribution is 7.09. The molecule has 2 aromatic rings. The van der Waals surface area contributed by atoms with E-state index in [2.05, 4.69) is 41.5 Å². The van der Waals surface area contributed by atoms with Crippen LogP contribution in [-0.4, -0.2) is 28.6 Å². The lowest BCUT2D eigenvalue weighted by Crippen LogP contribution is -2.37. The Balaban J connectivity index is 2.00. The highest BCUT2D eigenvalue weighted by Gasteiger charge is 2.14. The van der Waals surface area contributed by atoms with E-state index in [9.17, 15) is 4.79 Å². The Hall–Kier alpha value is -1.72. The molecule has 0 aliphatic heterocycles. The van der Waals surface area contributed by atoms with Gasteiger partial charge in [0.15, 0.2) is 0 Å². The molecule has 1 atom stereocenters. The van der Waals surface area contributed by atoms with E-state index in [1.165, 1.54) is 22.5 Å². The molecule has 21 heavy (non-hydrogen) atoms. The molecule has 0 aliphatic carbocycles. The number of hydrogen-bond donors (Lipinski definition) is 2. The summed E-state index contributed by atoms with van der Waals surface area (Å²) in [6.07, 6.45) is 1.43. The Morgan fingerprint density at radius 2 is 2.10 bits per heavy atom. The third-order valence-electron chi connectivity index (χ3n) is 3.31. The molecule has 1 aromatic carbocycles. The molecule has 1 amide bonds. The van der Waals surface area contributed by atoms with Gasteiger partial charge in [-0.2, -0.15) is 0 Å². The number of aryl methyl sites for hydroxylation is 1. The Bertz CT molecular complexity index is 589. The van der Waals surface area contributed by atoms with Crippen LogP contribution in [0.25, 0.3) is 0 Å². The maximum atomic E-state index is 12.0. The number of carbonyl (C=O) groups excluding carboxylic acids is 1. The third kappa shape index (κ3) is 4.37. The second kappa shape index (κ2) is 7.33. The van der Waals surface area contributed by atoms with E-state index < -0.39 is 0 Å². The number of hydrogen-bond acceptors (Lipinski definition) is 4. The molecular formula is C16H20N2O2S. The van der Waals surface area contributed by atoms with Crippen molar-refractivity contribution in [2.75, 3.05) is 6.61 Å². The summed E-state index contributed by atoms with van der Waals surface area (Å²) in [5.41, 5.74) is 2.84. The van der Waals surface area contributed by atoms with Crippen molar-refractivity contribution < 1.29 is 9.90 Å². The molecule has 1 unspecified atom stereocenters. The van der Waals surface area contributed by atoms with Gasteiger partial charge in [-0.25, -0.2) is 4.98 Å². The molecule has 1 heterocycles. The summed E-state index contributed by atoms with van der Waals surface area (Å²) in [6, 6.07) is 8.10. The lowest BCUT2D eigenvalue weighted by atomic mass is 10.1. The van der Waals surface area contributed by atoms with E-state index in [1.54, 1.807) is 5.38 Å². The van der Waals surface area contributed by atoms with E-state index in [0.717, 1.165) is 11.4 Å². The SMILES string of the molecule is CCC(CO)NC(=O)c1csc(Cc2ccc(C)cc2)n1. The minimum atomic E-state index is -0.220. The average molecular weight is 304 g/mol. The van der Waals surface area contributed by atoms with E-state index in [0.29, 0.717) is 12.1 Å². The summed E-state index contributed by atoms with van der Waals surface area (Å²) in [5, 5.41) is 14.6. The molecule has 0 spiro atoms. The summed E-state index contributed by atoms with van der Waals surface area (Å²) in [5.74, 6) is -0.220. The van der Waals surface area contributed by atoms with E-state index in [4.69, 9.17) is 5.11 Å². The molecule has 2 rings (SSSR count). The van der Waals surface area contributed by atoms with Crippen LogP contribution in [0.4, 0.5) is 0 Å². The minimum absolute atomic E-state index is 0.0530. The number of carbonyl (C=O) groups is 1. The van der Waals surface area contributed by atoms with E-state index in [1.807, 2.05) is 6.92 Å². The van der Waals surface area contributed by atoms with Gasteiger partial charge in [-0.05, 0) is 18.9 Å². The van der Waals surface area contributed by atoms with Crippen molar-refractivity contribution in [2.45, 2.75) is 32.7 Å². The number of rotatable bonds is 6. The molecule has 2 N–H and O–H groups in total. The van der Waals surface area contributed by atoms with Crippen molar-refractivity contribution in [1.29, 1.82) is 0 Å². The molecule has 5 heteroatoms. The summed E-state index contributed by atoms with van der Waals surface area (Å²) in [7, 11) is 0. The number of aliphatic hydroxyl groups excluding tert-OH is 1. The smallest absolute Gasteiger partial charge is 0.271 e. The standard InChI is InChI=1S/C16H20N2O2S/c1-3-13(9-19)17-16(20)14-10-21-15(18-14)8-12-6-4-11(2)5-7-12/h4-7,10,13,19H,3,8-9H2,1-2H3,(H,17,20). The summed E-state index contributed by atoms with van der Waals surface area (Å²) >= 11 is 1.48. The van der Waals surface area contributed by atoms with Gasteiger partial charge < -0.3 is 10.4 Å². The monoisotopic (exact) mass is 304 g/mol. The number of thiazole rings is 1. The number of nitrogens with zero attached hydrogens (tertiary/aromatic N) is 1. The quantitative estimate of drug-likeness (QED) is 0.862. The minimum Gasteiger partial charge on any atom is -0.394 e. The maximum Gasteiger partial charge on any atom is 0.271 e. The van der Waals surface area contributed by atoms with Crippen molar-refractivity contribution in [3.05, 3.63) is 51.5 Å². The zero-order chi connectivity index (χ0) is 15.2. The molecule has 0 bridgehead atoms. The lowest BCUT2D eigenvalue weighted by Gasteiger charge is -2.12. The van der Waals surface area contributed by atoms with Crippen molar-refractivity contribution in [3.8, 4) is 0 Å². The van der Waals surface area contributed by atoms with Crippen LogP contribution < -0.4 is 5.32 Å². The molecule has 112 valence electrons. The van der Waals surface area contributed by atoms with Gasteiger partial charge in [0.2, 0.25) is 0 Å². The molecular weight excluding hydrogens is 284 g/mol. The third-order valence-corrected chi connectivity index (χ3v) is 4.16. The second-order valence-electron chi connectivity index (χ2n) is 5.05. The summed E-state index contributed by atoms with van der Waals surface area (Å²) < 4.78 is 0. The van der Waals surface area contributed by atoms with Gasteiger partial charge in [-0.3, -0.25) is 4.79 Å². The molecule has 0 saturated carbocycles. The first-order valence-corrected chi connectivity index (χ1v) is 7.92. The van der Waals surface area contributed by atoms with Gasteiger partial charge in [0, 0.05) is 11.8 Å². The molecule has 0 radical (unpaired) electrons. The van der Waals surface area contributed by atoms with Crippen LogP contribution in [0.15, 0.2) is 29.6 Å². The average Bonchev–Trinajstić information content (AvgIpc) is 2.95. The predicted molar refractivity (Wildman–Crippen MR) is 84.7 cm³/mol. The Morgan fingerprint density at radius 3 is 2.71 bits per heavy atom. The first-order valence-electron chi connectivity index (χ1n) is 7.04. The molecule has 0 aliphatic rings. The zero-order valence-electron chi connectivity index (χ0n) is 12.3. The van der Waals surface area contributed by atoms with Gasteiger partial charge in [0.25, 0.3) is 5.91 Å². The van der Waals surface area contributed by atoms with Crippen LogP contribution in [0, 0.1) is 6.92 Å². The topological polar surface area (TPSA) is 62.2 Å². The zero-order valence-corrected chi connectivity index (χ0v) is 13.1. The van der Waals surface area contributed by atoms with Crippen molar-refractivity contribution in [3.63, 3.8) is 0 Å². The van der Waals surface area contributed by atoms with Crippen molar-refractivity contribution in [2.24, 2.45) is 0 Å². The Labute approximate surface area is 128 Å². The van der Waals surface area contributed by atoms with E-state index in [-0.39, 0.29) is 18.6 Å². The molecule has 1 aromatic heterocycles. The highest BCUT2D eigenvalue weighted by atomic mass is 32.1. The fraction of sp³-hybridized carbons (Fsp3) is 0.375. The van der Waals surface area contributed by atoms with Gasteiger partial charge in [0.1, 0.15) is 5.69 Å². The maximum absolute atomic E-state index is 12.0. The van der Waals surface area contributed by atoms with Crippen LogP contribution in [0.1, 0.15) is 40.0 Å². The molecule has 4 nitrogen and oxygen atoms in total. The van der Waals surface area contributed by atoms with E-state index >= 15 is 0 Å². The van der Waals surface area contributed by atoms with Crippen LogP contribution >= 0.6 is 11.3 Å². The Kier molecular flexibility index (Phi) is 5.47. The number of aromatic nitrogens is 1. The summed E-state index contributed by atoms with van der Waals surface area (Å²) in [4.78, 5) is 16.4. The Morgan fingerprint density at radius 1 is 1.38 bits per heavy atom. The van der Waals surface area contributed by atoms with Crippen molar-refractivity contribution >= 4 is 17.2 Å². The van der Waals surface area contributed by atoms with Gasteiger partial charge in [-0.15, -0.1) is 11.3 Å². The fourth-order valence-corrected chi connectivity index (χ4v) is 2.72. The second-order valence-corrected chi connectivity index (χ2v) is 5.99. The fourth-order valence-electron chi connectivity index (χ4n) is 1.91. The van der Waals surface area contributed by atoms with Gasteiger partial charge in [-0.1, -0.05) is 36.8 Å². The highest BCUT2D eigenvalue weighted by Crippen LogP contribution is 2.15. The van der Waals surface area contributed by atoms with Crippen LogP contribution in [0.2, 0.25) is 0 Å². The number of benzene rings is 1. The summed E-state index contributed by atoms with van der Waals surface area (Å²) in [6.45, 7) is 3.93. The largest absolute Gasteiger partial charge is 0.394 e. The van der Waals surface area contributed by atoms with Crippen LogP contribution in [-0.2, 0) is 6.42 Å². The number of amides is 1. The first-order chi connectivity index (χ1) is 10.1. The lowest BCUT2D eigenvalue weighted by molar-refractivity contribution is 0.0910. The molecule has 0 fully saturated rings. The van der Waals surface area contributed by atoms with Gasteiger partial charge in [0.05, 0.1) is 17.7 Å². The van der Waals surface area contributed by atoms with Crippen molar-refractivity contribution in [1.82, 2.24) is 10.3 Å². The molecule has 0 saturated heterocycles. The number of aliphatic hydroxyl groups is 1. The normalized spacial score (nSPS) is 12.1. The first kappa shape index (κ1) is 15.7.